The van der Waals surface area contributed by atoms with Crippen LogP contribution in [0.4, 0.5) is 0 Å². The zero-order valence-corrected chi connectivity index (χ0v) is 14.1. The summed E-state index contributed by atoms with van der Waals surface area (Å²) in [6.07, 6.45) is 6.74. The Morgan fingerprint density at radius 1 is 1.19 bits per heavy atom. The highest BCUT2D eigenvalue weighted by atomic mass is 16.3. The first-order chi connectivity index (χ1) is 9.95. The molecule has 0 bridgehead atoms. The lowest BCUT2D eigenvalue weighted by atomic mass is 9.69. The second-order valence-corrected chi connectivity index (χ2v) is 8.37. The molecule has 0 spiro atoms. The Bertz CT molecular complexity index is 470. The van der Waals surface area contributed by atoms with Crippen molar-refractivity contribution in [3.63, 3.8) is 0 Å². The highest BCUT2D eigenvalue weighted by Crippen LogP contribution is 2.47. The summed E-state index contributed by atoms with van der Waals surface area (Å²) in [5.41, 5.74) is 0.399. The van der Waals surface area contributed by atoms with Gasteiger partial charge in [0.05, 0.1) is 6.54 Å². The van der Waals surface area contributed by atoms with E-state index in [0.29, 0.717) is 17.4 Å². The molecule has 2 aliphatic rings. The molecule has 1 heterocycles. The van der Waals surface area contributed by atoms with Crippen LogP contribution in [0.3, 0.4) is 0 Å². The predicted molar refractivity (Wildman–Crippen MR) is 87.3 cm³/mol. The van der Waals surface area contributed by atoms with Crippen LogP contribution in [-0.4, -0.2) is 6.04 Å². The maximum atomic E-state index is 6.03. The van der Waals surface area contributed by atoms with Crippen molar-refractivity contribution in [3.8, 4) is 0 Å². The lowest BCUT2D eigenvalue weighted by molar-refractivity contribution is 0.128. The summed E-state index contributed by atoms with van der Waals surface area (Å²) in [7, 11) is 0. The zero-order valence-electron chi connectivity index (χ0n) is 14.1. The SMILES string of the molecule is CC1CC1c1ccc(CNC2CCCCC2C(C)(C)C)o1. The summed E-state index contributed by atoms with van der Waals surface area (Å²) in [4.78, 5) is 0. The van der Waals surface area contributed by atoms with Gasteiger partial charge in [-0.2, -0.15) is 0 Å². The van der Waals surface area contributed by atoms with Crippen molar-refractivity contribution < 1.29 is 4.42 Å². The average molecular weight is 289 g/mol. The van der Waals surface area contributed by atoms with Crippen LogP contribution in [0.15, 0.2) is 16.5 Å². The van der Waals surface area contributed by atoms with E-state index in [1.807, 2.05) is 0 Å². The molecule has 2 aliphatic carbocycles. The monoisotopic (exact) mass is 289 g/mol. The Morgan fingerprint density at radius 3 is 2.57 bits per heavy atom. The second kappa shape index (κ2) is 5.79. The molecule has 0 amide bonds. The highest BCUT2D eigenvalue weighted by molar-refractivity contribution is 5.17. The van der Waals surface area contributed by atoms with Crippen LogP contribution < -0.4 is 5.32 Å². The first-order valence-electron chi connectivity index (χ1n) is 8.77. The summed E-state index contributed by atoms with van der Waals surface area (Å²) >= 11 is 0. The van der Waals surface area contributed by atoms with Gasteiger partial charge in [0.15, 0.2) is 0 Å². The van der Waals surface area contributed by atoms with Gasteiger partial charge in [-0.3, -0.25) is 0 Å². The van der Waals surface area contributed by atoms with Gasteiger partial charge in [-0.05, 0) is 48.6 Å². The summed E-state index contributed by atoms with van der Waals surface area (Å²) in [5.74, 6) is 4.61. The van der Waals surface area contributed by atoms with E-state index >= 15 is 0 Å². The summed E-state index contributed by atoms with van der Waals surface area (Å²) in [6, 6.07) is 5.00. The van der Waals surface area contributed by atoms with Gasteiger partial charge in [0.2, 0.25) is 0 Å². The van der Waals surface area contributed by atoms with E-state index in [1.165, 1.54) is 37.9 Å². The quantitative estimate of drug-likeness (QED) is 0.834. The van der Waals surface area contributed by atoms with Crippen LogP contribution >= 0.6 is 0 Å². The molecule has 0 aromatic carbocycles. The molecule has 2 nitrogen and oxygen atoms in total. The minimum atomic E-state index is 0.399. The molecule has 1 aromatic rings. The first-order valence-corrected chi connectivity index (χ1v) is 8.77. The summed E-state index contributed by atoms with van der Waals surface area (Å²) in [5, 5.41) is 3.78. The van der Waals surface area contributed by atoms with E-state index in [0.717, 1.165) is 24.1 Å². The van der Waals surface area contributed by atoms with E-state index in [2.05, 4.69) is 45.1 Å². The molecule has 3 rings (SSSR count). The molecular formula is C19H31NO. The molecule has 1 N–H and O–H groups in total. The molecular weight excluding hydrogens is 258 g/mol. The summed E-state index contributed by atoms with van der Waals surface area (Å²) < 4.78 is 6.03. The smallest absolute Gasteiger partial charge is 0.117 e. The molecule has 2 saturated carbocycles. The fraction of sp³-hybridized carbons (Fsp3) is 0.789. The topological polar surface area (TPSA) is 25.2 Å². The van der Waals surface area contributed by atoms with Crippen molar-refractivity contribution in [3.05, 3.63) is 23.7 Å². The van der Waals surface area contributed by atoms with Gasteiger partial charge in [-0.15, -0.1) is 0 Å². The molecule has 0 aliphatic heterocycles. The maximum Gasteiger partial charge on any atom is 0.117 e. The van der Waals surface area contributed by atoms with Crippen molar-refractivity contribution in [2.75, 3.05) is 0 Å². The molecule has 2 heteroatoms. The van der Waals surface area contributed by atoms with E-state index < -0.39 is 0 Å². The lowest BCUT2D eigenvalue weighted by Gasteiger charge is -2.40. The summed E-state index contributed by atoms with van der Waals surface area (Å²) in [6.45, 7) is 10.4. The first kappa shape index (κ1) is 15.1. The number of hydrogen-bond acceptors (Lipinski definition) is 2. The highest BCUT2D eigenvalue weighted by Gasteiger charge is 2.37. The molecule has 118 valence electrons. The van der Waals surface area contributed by atoms with Crippen molar-refractivity contribution in [1.29, 1.82) is 0 Å². The normalized spacial score (nSPS) is 33.1. The molecule has 0 radical (unpaired) electrons. The van der Waals surface area contributed by atoms with Crippen molar-refractivity contribution in [2.45, 2.75) is 78.3 Å². The van der Waals surface area contributed by atoms with Gasteiger partial charge in [-0.1, -0.05) is 40.5 Å². The Kier molecular flexibility index (Phi) is 4.18. The third kappa shape index (κ3) is 3.53. The Labute approximate surface area is 129 Å². The van der Waals surface area contributed by atoms with Crippen LogP contribution in [0.2, 0.25) is 0 Å². The Morgan fingerprint density at radius 2 is 1.90 bits per heavy atom. The van der Waals surface area contributed by atoms with Gasteiger partial charge in [0.25, 0.3) is 0 Å². The van der Waals surface area contributed by atoms with Gasteiger partial charge >= 0.3 is 0 Å². The van der Waals surface area contributed by atoms with Gasteiger partial charge in [-0.25, -0.2) is 0 Å². The fourth-order valence-corrected chi connectivity index (χ4v) is 4.05. The molecule has 4 unspecified atom stereocenters. The third-order valence-electron chi connectivity index (χ3n) is 5.57. The van der Waals surface area contributed by atoms with Gasteiger partial charge < -0.3 is 9.73 Å². The standard InChI is InChI=1S/C19H31NO/c1-13-11-15(13)18-10-9-14(21-18)12-20-17-8-6-5-7-16(17)19(2,3)4/h9-10,13,15-17,20H,5-8,11-12H2,1-4H3. The minimum Gasteiger partial charge on any atom is -0.464 e. The van der Waals surface area contributed by atoms with E-state index in [4.69, 9.17) is 4.42 Å². The minimum absolute atomic E-state index is 0.399. The van der Waals surface area contributed by atoms with Crippen LogP contribution in [-0.2, 0) is 6.54 Å². The fourth-order valence-electron chi connectivity index (χ4n) is 4.05. The van der Waals surface area contributed by atoms with Crippen molar-refractivity contribution >= 4 is 0 Å². The van der Waals surface area contributed by atoms with Crippen LogP contribution in [0, 0.1) is 17.3 Å². The van der Waals surface area contributed by atoms with E-state index in [-0.39, 0.29) is 0 Å². The molecule has 21 heavy (non-hydrogen) atoms. The van der Waals surface area contributed by atoms with Gasteiger partial charge in [0, 0.05) is 12.0 Å². The van der Waals surface area contributed by atoms with Crippen molar-refractivity contribution in [1.82, 2.24) is 5.32 Å². The van der Waals surface area contributed by atoms with E-state index in [1.54, 1.807) is 0 Å². The maximum absolute atomic E-state index is 6.03. The molecule has 1 aromatic heterocycles. The number of hydrogen-bond donors (Lipinski definition) is 1. The van der Waals surface area contributed by atoms with Crippen LogP contribution in [0.1, 0.15) is 77.2 Å². The number of furan rings is 1. The van der Waals surface area contributed by atoms with Crippen LogP contribution in [0.25, 0.3) is 0 Å². The average Bonchev–Trinajstić information content (AvgIpc) is 2.99. The lowest BCUT2D eigenvalue weighted by Crippen LogP contribution is -2.43. The third-order valence-corrected chi connectivity index (χ3v) is 5.57. The molecule has 2 fully saturated rings. The largest absolute Gasteiger partial charge is 0.464 e. The van der Waals surface area contributed by atoms with Crippen LogP contribution in [0.5, 0.6) is 0 Å². The Balaban J connectivity index is 1.57. The zero-order chi connectivity index (χ0) is 15.0. The Hall–Kier alpha value is -0.760. The van der Waals surface area contributed by atoms with E-state index in [9.17, 15) is 0 Å². The molecule has 0 saturated heterocycles. The predicted octanol–water partition coefficient (Wildman–Crippen LogP) is 5.10. The second-order valence-electron chi connectivity index (χ2n) is 8.37. The molecule has 4 atom stereocenters. The van der Waals surface area contributed by atoms with Crippen molar-refractivity contribution in [2.24, 2.45) is 17.3 Å². The number of nitrogens with one attached hydrogen (secondary N) is 1. The van der Waals surface area contributed by atoms with Gasteiger partial charge in [0.1, 0.15) is 11.5 Å². The number of rotatable bonds is 4.